The summed E-state index contributed by atoms with van der Waals surface area (Å²) in [5.74, 6) is -1.49. The Kier molecular flexibility index (Phi) is 6.35. The number of nitriles is 1. The van der Waals surface area contributed by atoms with Gasteiger partial charge in [-0.25, -0.2) is 9.18 Å². The third kappa shape index (κ3) is 4.33. The summed E-state index contributed by atoms with van der Waals surface area (Å²) in [6.07, 6.45) is 0.443. The number of thioether (sulfide) groups is 1. The summed E-state index contributed by atoms with van der Waals surface area (Å²) < 4.78 is 18.4. The van der Waals surface area contributed by atoms with E-state index in [1.54, 1.807) is 6.92 Å². The normalized spacial score (nSPS) is 17.8. The molecule has 1 atom stereocenters. The molecular formula is C22H19FN2O3S. The summed E-state index contributed by atoms with van der Waals surface area (Å²) in [7, 11) is 0. The van der Waals surface area contributed by atoms with Gasteiger partial charge in [0.1, 0.15) is 16.9 Å². The maximum Gasteiger partial charge on any atom is 0.351 e. The number of carbonyl (C=O) groups excluding carboxylic acids is 2. The Morgan fingerprint density at radius 1 is 1.24 bits per heavy atom. The molecule has 7 heteroatoms. The first-order valence-corrected chi connectivity index (χ1v) is 9.96. The number of ether oxygens (including phenoxy) is 1. The molecule has 0 bridgehead atoms. The lowest BCUT2D eigenvalue weighted by atomic mass is 10.0. The zero-order valence-corrected chi connectivity index (χ0v) is 16.8. The average Bonchev–Trinajstić information content (AvgIpc) is 3.01. The Bertz CT molecular complexity index is 1010. The molecule has 3 rings (SSSR count). The maximum absolute atomic E-state index is 13.4. The highest BCUT2D eigenvalue weighted by Crippen LogP contribution is 2.42. The molecule has 1 saturated heterocycles. The average molecular weight is 410 g/mol. The minimum atomic E-state index is -0.783. The van der Waals surface area contributed by atoms with E-state index in [1.807, 2.05) is 37.3 Å². The number of anilines is 1. The van der Waals surface area contributed by atoms with Gasteiger partial charge >= 0.3 is 5.97 Å². The second-order valence-corrected chi connectivity index (χ2v) is 7.59. The molecule has 29 heavy (non-hydrogen) atoms. The van der Waals surface area contributed by atoms with Gasteiger partial charge in [-0.1, -0.05) is 36.0 Å². The first-order valence-electron chi connectivity index (χ1n) is 9.08. The van der Waals surface area contributed by atoms with Gasteiger partial charge in [0.25, 0.3) is 0 Å². The molecule has 2 aromatic carbocycles. The lowest BCUT2D eigenvalue weighted by Gasteiger charge is -2.18. The van der Waals surface area contributed by atoms with Crippen molar-refractivity contribution < 1.29 is 18.7 Å². The zero-order valence-electron chi connectivity index (χ0n) is 16.0. The van der Waals surface area contributed by atoms with Gasteiger partial charge in [0.05, 0.1) is 11.9 Å². The lowest BCUT2D eigenvalue weighted by Crippen LogP contribution is -2.30. The van der Waals surface area contributed by atoms with Gasteiger partial charge in [-0.2, -0.15) is 5.26 Å². The topological polar surface area (TPSA) is 70.4 Å². The van der Waals surface area contributed by atoms with Crippen molar-refractivity contribution in [1.29, 1.82) is 5.26 Å². The highest BCUT2D eigenvalue weighted by Gasteiger charge is 2.41. The molecule has 1 heterocycles. The van der Waals surface area contributed by atoms with Crippen LogP contribution in [0.4, 0.5) is 10.1 Å². The van der Waals surface area contributed by atoms with Crippen LogP contribution in [0.3, 0.4) is 0 Å². The fourth-order valence-corrected chi connectivity index (χ4v) is 4.33. The van der Waals surface area contributed by atoms with Crippen LogP contribution in [-0.2, 0) is 20.7 Å². The standard InChI is InChI=1S/C22H19FN2O3S/c1-3-28-22(27)18(13-24)21-25(17-10-8-16(23)9-11-17)20(26)19(29-21)12-15-7-5-4-6-14(15)2/h4-11,19H,3,12H2,1-2H3/b21-18+/t19-/m0/s1. The summed E-state index contributed by atoms with van der Waals surface area (Å²) in [5.41, 5.74) is 2.22. The summed E-state index contributed by atoms with van der Waals surface area (Å²) in [5, 5.41) is 9.27. The monoisotopic (exact) mass is 410 g/mol. The third-order valence-electron chi connectivity index (χ3n) is 4.51. The molecule has 1 aliphatic rings. The molecule has 0 radical (unpaired) electrons. The maximum atomic E-state index is 13.4. The van der Waals surface area contributed by atoms with E-state index in [2.05, 4.69) is 0 Å². The first-order chi connectivity index (χ1) is 14.0. The van der Waals surface area contributed by atoms with Crippen molar-refractivity contribution >= 4 is 29.3 Å². The van der Waals surface area contributed by atoms with E-state index >= 15 is 0 Å². The van der Waals surface area contributed by atoms with E-state index in [4.69, 9.17) is 4.74 Å². The van der Waals surface area contributed by atoms with Crippen LogP contribution < -0.4 is 4.90 Å². The number of aryl methyl sites for hydroxylation is 1. The number of benzene rings is 2. The Hall–Kier alpha value is -3.11. The highest BCUT2D eigenvalue weighted by molar-refractivity contribution is 8.05. The summed E-state index contributed by atoms with van der Waals surface area (Å²) >= 11 is 1.16. The van der Waals surface area contributed by atoms with Crippen LogP contribution in [0.1, 0.15) is 18.1 Å². The summed E-state index contributed by atoms with van der Waals surface area (Å²) in [6, 6.07) is 15.0. The number of rotatable bonds is 5. The molecule has 148 valence electrons. The van der Waals surface area contributed by atoms with Crippen molar-refractivity contribution in [2.75, 3.05) is 11.5 Å². The van der Waals surface area contributed by atoms with Gasteiger partial charge in [0.15, 0.2) is 5.57 Å². The van der Waals surface area contributed by atoms with Crippen molar-refractivity contribution in [2.24, 2.45) is 0 Å². The number of amides is 1. The number of nitrogens with zero attached hydrogens (tertiary/aromatic N) is 2. The van der Waals surface area contributed by atoms with Crippen LogP contribution in [0.2, 0.25) is 0 Å². The van der Waals surface area contributed by atoms with Gasteiger partial charge in [0, 0.05) is 5.69 Å². The zero-order chi connectivity index (χ0) is 21.0. The molecule has 2 aromatic rings. The van der Waals surface area contributed by atoms with Crippen LogP contribution >= 0.6 is 11.8 Å². The van der Waals surface area contributed by atoms with Crippen LogP contribution in [0, 0.1) is 24.1 Å². The predicted octanol–water partition coefficient (Wildman–Crippen LogP) is 4.12. The van der Waals surface area contributed by atoms with Crippen molar-refractivity contribution in [3.63, 3.8) is 0 Å². The fourth-order valence-electron chi connectivity index (χ4n) is 3.04. The quantitative estimate of drug-likeness (QED) is 0.421. The molecule has 1 fully saturated rings. The Labute approximate surface area is 172 Å². The molecule has 1 aliphatic heterocycles. The van der Waals surface area contributed by atoms with Crippen LogP contribution in [0.25, 0.3) is 0 Å². The minimum Gasteiger partial charge on any atom is -0.462 e. The Balaban J connectivity index is 2.05. The predicted molar refractivity (Wildman–Crippen MR) is 109 cm³/mol. The van der Waals surface area contributed by atoms with Gasteiger partial charge < -0.3 is 4.74 Å². The van der Waals surface area contributed by atoms with E-state index in [0.717, 1.165) is 22.9 Å². The number of hydrogen-bond acceptors (Lipinski definition) is 5. The van der Waals surface area contributed by atoms with Gasteiger partial charge in [-0.3, -0.25) is 9.69 Å². The third-order valence-corrected chi connectivity index (χ3v) is 5.77. The van der Waals surface area contributed by atoms with Crippen molar-refractivity contribution in [3.8, 4) is 6.07 Å². The fraction of sp³-hybridized carbons (Fsp3) is 0.227. The van der Waals surface area contributed by atoms with Crippen molar-refractivity contribution in [2.45, 2.75) is 25.5 Å². The second-order valence-electron chi connectivity index (χ2n) is 6.40. The van der Waals surface area contributed by atoms with E-state index in [-0.39, 0.29) is 23.1 Å². The van der Waals surface area contributed by atoms with E-state index in [1.165, 1.54) is 29.2 Å². The van der Waals surface area contributed by atoms with Crippen LogP contribution in [0.15, 0.2) is 59.1 Å². The summed E-state index contributed by atoms with van der Waals surface area (Å²) in [4.78, 5) is 26.8. The van der Waals surface area contributed by atoms with Crippen molar-refractivity contribution in [3.05, 3.63) is 76.1 Å². The molecule has 5 nitrogen and oxygen atoms in total. The number of carbonyl (C=O) groups is 2. The largest absolute Gasteiger partial charge is 0.462 e. The van der Waals surface area contributed by atoms with Gasteiger partial charge in [0.2, 0.25) is 5.91 Å². The van der Waals surface area contributed by atoms with Crippen LogP contribution in [0.5, 0.6) is 0 Å². The molecule has 0 spiro atoms. The number of halogens is 1. The van der Waals surface area contributed by atoms with E-state index in [9.17, 15) is 19.2 Å². The van der Waals surface area contributed by atoms with Crippen LogP contribution in [-0.4, -0.2) is 23.7 Å². The molecule has 0 saturated carbocycles. The highest BCUT2D eigenvalue weighted by atomic mass is 32.2. The smallest absolute Gasteiger partial charge is 0.351 e. The SMILES string of the molecule is CCOC(=O)/C(C#N)=C1/S[C@@H](Cc2ccccc2C)C(=O)N1c1ccc(F)cc1. The molecule has 0 N–H and O–H groups in total. The van der Waals surface area contributed by atoms with E-state index < -0.39 is 17.0 Å². The van der Waals surface area contributed by atoms with E-state index in [0.29, 0.717) is 12.1 Å². The first kappa shape index (κ1) is 20.6. The molecular weight excluding hydrogens is 391 g/mol. The van der Waals surface area contributed by atoms with Gasteiger partial charge in [-0.05, 0) is 55.7 Å². The Morgan fingerprint density at radius 3 is 2.55 bits per heavy atom. The minimum absolute atomic E-state index is 0.110. The molecule has 0 unspecified atom stereocenters. The Morgan fingerprint density at radius 2 is 1.93 bits per heavy atom. The lowest BCUT2D eigenvalue weighted by molar-refractivity contribution is -0.138. The van der Waals surface area contributed by atoms with Crippen molar-refractivity contribution in [1.82, 2.24) is 0 Å². The van der Waals surface area contributed by atoms with Gasteiger partial charge in [-0.15, -0.1) is 0 Å². The number of esters is 1. The summed E-state index contributed by atoms with van der Waals surface area (Å²) in [6.45, 7) is 3.72. The number of hydrogen-bond donors (Lipinski definition) is 0. The molecule has 0 aliphatic carbocycles. The second kappa shape index (κ2) is 8.93. The molecule has 1 amide bonds. The molecule has 0 aromatic heterocycles.